The van der Waals surface area contributed by atoms with Crippen molar-refractivity contribution in [3.63, 3.8) is 0 Å². The summed E-state index contributed by atoms with van der Waals surface area (Å²) in [7, 11) is 1.30. The number of benzene rings is 1. The minimum absolute atomic E-state index is 0.0955. The number of hydrogen-bond acceptors (Lipinski definition) is 2. The summed E-state index contributed by atoms with van der Waals surface area (Å²) in [6, 6.07) is 5.73. The van der Waals surface area contributed by atoms with Crippen molar-refractivity contribution in [2.24, 2.45) is 5.73 Å². The summed E-state index contributed by atoms with van der Waals surface area (Å²) in [5, 5.41) is 0. The SMILES string of the molecule is COc1ccccc1C(F)C(F)(F)CN. The summed E-state index contributed by atoms with van der Waals surface area (Å²) in [5.41, 5.74) is 4.62. The van der Waals surface area contributed by atoms with Gasteiger partial charge in [0.05, 0.1) is 13.7 Å². The van der Waals surface area contributed by atoms with Gasteiger partial charge in [-0.3, -0.25) is 0 Å². The third kappa shape index (κ3) is 2.41. The molecule has 0 fully saturated rings. The summed E-state index contributed by atoms with van der Waals surface area (Å²) in [5.74, 6) is -3.48. The van der Waals surface area contributed by atoms with Gasteiger partial charge in [-0.1, -0.05) is 18.2 Å². The molecule has 15 heavy (non-hydrogen) atoms. The Balaban J connectivity index is 3.05. The van der Waals surface area contributed by atoms with Crippen molar-refractivity contribution in [1.29, 1.82) is 0 Å². The van der Waals surface area contributed by atoms with Crippen LogP contribution >= 0.6 is 0 Å². The summed E-state index contributed by atoms with van der Waals surface area (Å²) in [6.45, 7) is -1.04. The molecule has 1 atom stereocenters. The van der Waals surface area contributed by atoms with Crippen LogP contribution in [0.15, 0.2) is 24.3 Å². The minimum Gasteiger partial charge on any atom is -0.496 e. The van der Waals surface area contributed by atoms with Crippen LogP contribution in [0.1, 0.15) is 11.7 Å². The van der Waals surface area contributed by atoms with Crippen LogP contribution in [0.4, 0.5) is 13.2 Å². The van der Waals surface area contributed by atoms with Gasteiger partial charge in [-0.2, -0.15) is 0 Å². The number of halogens is 3. The molecule has 0 spiro atoms. The molecule has 0 aliphatic carbocycles. The highest BCUT2D eigenvalue weighted by molar-refractivity contribution is 5.36. The van der Waals surface area contributed by atoms with Gasteiger partial charge in [0.25, 0.3) is 5.92 Å². The molecule has 0 aromatic heterocycles. The first-order valence-corrected chi connectivity index (χ1v) is 4.38. The average Bonchev–Trinajstić information content (AvgIpc) is 2.28. The van der Waals surface area contributed by atoms with Crippen LogP contribution < -0.4 is 10.5 Å². The van der Waals surface area contributed by atoms with Crippen LogP contribution in [0.2, 0.25) is 0 Å². The zero-order chi connectivity index (χ0) is 11.5. The maximum absolute atomic E-state index is 13.5. The van der Waals surface area contributed by atoms with E-state index in [9.17, 15) is 13.2 Å². The van der Waals surface area contributed by atoms with Crippen molar-refractivity contribution in [1.82, 2.24) is 0 Å². The molecular formula is C10H12F3NO. The second-order valence-corrected chi connectivity index (χ2v) is 3.07. The topological polar surface area (TPSA) is 35.2 Å². The van der Waals surface area contributed by atoms with Crippen LogP contribution in [-0.4, -0.2) is 19.6 Å². The van der Waals surface area contributed by atoms with E-state index in [0.29, 0.717) is 0 Å². The second-order valence-electron chi connectivity index (χ2n) is 3.07. The molecule has 0 saturated carbocycles. The third-order valence-electron chi connectivity index (χ3n) is 2.05. The van der Waals surface area contributed by atoms with Crippen LogP contribution in [0.3, 0.4) is 0 Å². The van der Waals surface area contributed by atoms with E-state index in [1.54, 1.807) is 6.07 Å². The monoisotopic (exact) mass is 219 g/mol. The van der Waals surface area contributed by atoms with Gasteiger partial charge in [-0.05, 0) is 6.07 Å². The Morgan fingerprint density at radius 1 is 1.40 bits per heavy atom. The zero-order valence-electron chi connectivity index (χ0n) is 8.21. The standard InChI is InChI=1S/C10H12F3NO/c1-15-8-5-3-2-4-7(8)9(11)10(12,13)6-14/h2-5,9H,6,14H2,1H3. The molecular weight excluding hydrogens is 207 g/mol. The first kappa shape index (κ1) is 11.8. The lowest BCUT2D eigenvalue weighted by Gasteiger charge is -2.20. The Kier molecular flexibility index (Phi) is 3.57. The molecule has 2 N–H and O–H groups in total. The van der Waals surface area contributed by atoms with E-state index in [-0.39, 0.29) is 11.3 Å². The van der Waals surface area contributed by atoms with E-state index in [4.69, 9.17) is 10.5 Å². The predicted octanol–water partition coefficient (Wildman–Crippen LogP) is 2.30. The molecule has 1 aromatic rings. The normalized spacial score (nSPS) is 13.7. The largest absolute Gasteiger partial charge is 0.496 e. The molecule has 0 bridgehead atoms. The molecule has 5 heteroatoms. The maximum atomic E-state index is 13.5. The highest BCUT2D eigenvalue weighted by Crippen LogP contribution is 2.38. The fourth-order valence-corrected chi connectivity index (χ4v) is 1.21. The van der Waals surface area contributed by atoms with E-state index in [1.165, 1.54) is 25.3 Å². The molecule has 1 unspecified atom stereocenters. The lowest BCUT2D eigenvalue weighted by Crippen LogP contribution is -2.33. The molecule has 0 saturated heterocycles. The molecule has 0 aliphatic rings. The van der Waals surface area contributed by atoms with Gasteiger partial charge < -0.3 is 10.5 Å². The summed E-state index contributed by atoms with van der Waals surface area (Å²) in [4.78, 5) is 0. The smallest absolute Gasteiger partial charge is 0.294 e. The van der Waals surface area contributed by atoms with Gasteiger partial charge >= 0.3 is 0 Å². The van der Waals surface area contributed by atoms with Gasteiger partial charge in [-0.15, -0.1) is 0 Å². The fraction of sp³-hybridized carbons (Fsp3) is 0.400. The van der Waals surface area contributed by atoms with E-state index in [1.807, 2.05) is 0 Å². The molecule has 0 aliphatic heterocycles. The van der Waals surface area contributed by atoms with Crippen molar-refractivity contribution in [2.75, 3.05) is 13.7 Å². The number of ether oxygens (including phenoxy) is 1. The van der Waals surface area contributed by atoms with E-state index in [2.05, 4.69) is 0 Å². The van der Waals surface area contributed by atoms with Crippen LogP contribution in [-0.2, 0) is 0 Å². The lowest BCUT2D eigenvalue weighted by molar-refractivity contribution is -0.0658. The molecule has 84 valence electrons. The summed E-state index contributed by atoms with van der Waals surface area (Å²) in [6.07, 6.45) is -2.45. The number of methoxy groups -OCH3 is 1. The lowest BCUT2D eigenvalue weighted by atomic mass is 10.0. The van der Waals surface area contributed by atoms with E-state index < -0.39 is 18.6 Å². The Labute approximate surface area is 85.8 Å². The van der Waals surface area contributed by atoms with Crippen molar-refractivity contribution in [3.8, 4) is 5.75 Å². The van der Waals surface area contributed by atoms with Crippen molar-refractivity contribution in [3.05, 3.63) is 29.8 Å². The zero-order valence-corrected chi connectivity index (χ0v) is 8.21. The van der Waals surface area contributed by atoms with Gasteiger partial charge in [0.2, 0.25) is 0 Å². The first-order valence-electron chi connectivity index (χ1n) is 4.38. The van der Waals surface area contributed by atoms with Gasteiger partial charge in [-0.25, -0.2) is 13.2 Å². The van der Waals surface area contributed by atoms with Gasteiger partial charge in [0, 0.05) is 5.56 Å². The number of rotatable bonds is 4. The minimum atomic E-state index is -3.57. The number of alkyl halides is 3. The van der Waals surface area contributed by atoms with Gasteiger partial charge in [0.1, 0.15) is 5.75 Å². The summed E-state index contributed by atoms with van der Waals surface area (Å²) >= 11 is 0. The molecule has 1 rings (SSSR count). The Bertz CT molecular complexity index is 330. The Hall–Kier alpha value is -1.23. The second kappa shape index (κ2) is 4.53. The predicted molar refractivity (Wildman–Crippen MR) is 50.8 cm³/mol. The Morgan fingerprint density at radius 2 is 2.00 bits per heavy atom. The molecule has 1 aromatic carbocycles. The molecule has 0 heterocycles. The third-order valence-corrected chi connectivity index (χ3v) is 2.05. The van der Waals surface area contributed by atoms with E-state index >= 15 is 0 Å². The highest BCUT2D eigenvalue weighted by atomic mass is 19.3. The van der Waals surface area contributed by atoms with Crippen LogP contribution in [0.25, 0.3) is 0 Å². The van der Waals surface area contributed by atoms with Gasteiger partial charge in [0.15, 0.2) is 6.17 Å². The molecule has 2 nitrogen and oxygen atoms in total. The van der Waals surface area contributed by atoms with Crippen LogP contribution in [0, 0.1) is 0 Å². The Morgan fingerprint density at radius 3 is 2.53 bits per heavy atom. The fourth-order valence-electron chi connectivity index (χ4n) is 1.21. The quantitative estimate of drug-likeness (QED) is 0.843. The first-order chi connectivity index (χ1) is 7.03. The van der Waals surface area contributed by atoms with Crippen molar-refractivity contribution < 1.29 is 17.9 Å². The van der Waals surface area contributed by atoms with Crippen molar-refractivity contribution >= 4 is 0 Å². The van der Waals surface area contributed by atoms with E-state index in [0.717, 1.165) is 0 Å². The average molecular weight is 219 g/mol. The summed E-state index contributed by atoms with van der Waals surface area (Å²) < 4.78 is 44.2. The number of nitrogens with two attached hydrogens (primary N) is 1. The van der Waals surface area contributed by atoms with Crippen LogP contribution in [0.5, 0.6) is 5.75 Å². The maximum Gasteiger partial charge on any atom is 0.294 e. The molecule has 0 amide bonds. The number of para-hydroxylation sites is 1. The number of hydrogen-bond donors (Lipinski definition) is 1. The van der Waals surface area contributed by atoms with Crippen molar-refractivity contribution in [2.45, 2.75) is 12.1 Å². The highest BCUT2D eigenvalue weighted by Gasteiger charge is 2.41. The molecule has 0 radical (unpaired) electrons.